The van der Waals surface area contributed by atoms with Gasteiger partial charge in [-0.15, -0.1) is 0 Å². The van der Waals surface area contributed by atoms with E-state index in [9.17, 15) is 0 Å². The summed E-state index contributed by atoms with van der Waals surface area (Å²) in [5, 5.41) is 0. The van der Waals surface area contributed by atoms with Crippen molar-refractivity contribution in [1.82, 2.24) is 0 Å². The van der Waals surface area contributed by atoms with E-state index in [4.69, 9.17) is 15.2 Å². The first-order chi connectivity index (χ1) is 7.78. The number of nitrogens with zero attached hydrogens (tertiary/aromatic N) is 1. The van der Waals surface area contributed by atoms with E-state index in [1.54, 1.807) is 7.11 Å². The van der Waals surface area contributed by atoms with Crippen molar-refractivity contribution in [2.24, 2.45) is 0 Å². The van der Waals surface area contributed by atoms with Crippen molar-refractivity contribution in [2.45, 2.75) is 18.6 Å². The lowest BCUT2D eigenvalue weighted by atomic mass is 10.2. The second-order valence-corrected chi connectivity index (χ2v) is 4.42. The van der Waals surface area contributed by atoms with Gasteiger partial charge in [-0.2, -0.15) is 0 Å². The van der Waals surface area contributed by atoms with E-state index < -0.39 is 0 Å². The van der Waals surface area contributed by atoms with Crippen LogP contribution in [0.5, 0.6) is 5.75 Å². The zero-order valence-corrected chi connectivity index (χ0v) is 9.35. The van der Waals surface area contributed by atoms with Crippen molar-refractivity contribution in [3.8, 4) is 5.75 Å². The van der Waals surface area contributed by atoms with Gasteiger partial charge in [-0.1, -0.05) is 0 Å². The molecular weight excluding hydrogens is 204 g/mol. The minimum atomic E-state index is 0.410. The fraction of sp³-hybridized carbons (Fsp3) is 0.500. The van der Waals surface area contributed by atoms with Crippen LogP contribution in [0.4, 0.5) is 11.4 Å². The number of nitrogens with two attached hydrogens (primary N) is 1. The molecule has 2 aliphatic heterocycles. The van der Waals surface area contributed by atoms with Gasteiger partial charge in [-0.3, -0.25) is 0 Å². The number of fused-ring (bicyclic) bond motifs is 2. The third kappa shape index (κ3) is 1.41. The second kappa shape index (κ2) is 3.56. The third-order valence-corrected chi connectivity index (χ3v) is 3.45. The lowest BCUT2D eigenvalue weighted by Crippen LogP contribution is -2.36. The molecule has 1 aromatic carbocycles. The average molecular weight is 220 g/mol. The zero-order valence-electron chi connectivity index (χ0n) is 9.35. The maximum absolute atomic E-state index is 5.91. The summed E-state index contributed by atoms with van der Waals surface area (Å²) in [5.41, 5.74) is 7.79. The van der Waals surface area contributed by atoms with Gasteiger partial charge >= 0.3 is 0 Å². The van der Waals surface area contributed by atoms with Crippen molar-refractivity contribution in [3.05, 3.63) is 18.2 Å². The molecule has 4 heteroatoms. The highest BCUT2D eigenvalue weighted by molar-refractivity contribution is 5.64. The summed E-state index contributed by atoms with van der Waals surface area (Å²) in [6, 6.07) is 6.50. The lowest BCUT2D eigenvalue weighted by molar-refractivity contribution is 0.0991. The molecule has 0 aliphatic carbocycles. The topological polar surface area (TPSA) is 47.7 Å². The summed E-state index contributed by atoms with van der Waals surface area (Å²) in [6.45, 7) is 1.83. The van der Waals surface area contributed by atoms with Gasteiger partial charge in [0.1, 0.15) is 5.75 Å². The van der Waals surface area contributed by atoms with Crippen LogP contribution in [0.2, 0.25) is 0 Å². The number of benzene rings is 1. The van der Waals surface area contributed by atoms with Crippen LogP contribution < -0.4 is 15.4 Å². The Bertz CT molecular complexity index is 408. The predicted octanol–water partition coefficient (Wildman–Crippen LogP) is 1.25. The number of nitrogen functional groups attached to an aromatic ring is 1. The summed E-state index contributed by atoms with van der Waals surface area (Å²) < 4.78 is 10.7. The van der Waals surface area contributed by atoms with Crippen LogP contribution in [0, 0.1) is 0 Å². The van der Waals surface area contributed by atoms with E-state index in [1.165, 1.54) is 5.69 Å². The maximum Gasteiger partial charge on any atom is 0.141 e. The van der Waals surface area contributed by atoms with Crippen LogP contribution >= 0.6 is 0 Å². The Morgan fingerprint density at radius 3 is 2.94 bits per heavy atom. The monoisotopic (exact) mass is 220 g/mol. The standard InChI is InChI=1S/C12H16N2O2/c1-15-12-3-2-8(5-11(12)13)14-6-10-4-9(14)7-16-10/h2-3,5,9-10H,4,6-7,13H2,1H3. The van der Waals surface area contributed by atoms with Crippen LogP contribution in [0.25, 0.3) is 0 Å². The molecule has 0 aromatic heterocycles. The van der Waals surface area contributed by atoms with Crippen LogP contribution in [0.3, 0.4) is 0 Å². The van der Waals surface area contributed by atoms with Gasteiger partial charge < -0.3 is 20.1 Å². The molecule has 0 spiro atoms. The Labute approximate surface area is 94.9 Å². The molecule has 2 saturated heterocycles. The number of methoxy groups -OCH3 is 1. The van der Waals surface area contributed by atoms with Crippen LogP contribution in [0.1, 0.15) is 6.42 Å². The van der Waals surface area contributed by atoms with E-state index in [2.05, 4.69) is 11.0 Å². The summed E-state index contributed by atoms with van der Waals surface area (Å²) in [5.74, 6) is 0.740. The Hall–Kier alpha value is -1.42. The van der Waals surface area contributed by atoms with E-state index in [0.29, 0.717) is 17.8 Å². The molecule has 0 saturated carbocycles. The molecule has 3 rings (SSSR count). The summed E-state index contributed by atoms with van der Waals surface area (Å²) in [4.78, 5) is 2.38. The average Bonchev–Trinajstić information content (AvgIpc) is 2.90. The van der Waals surface area contributed by atoms with Crippen LogP contribution in [-0.2, 0) is 4.74 Å². The molecule has 2 N–H and O–H groups in total. The van der Waals surface area contributed by atoms with Gasteiger partial charge in [-0.25, -0.2) is 0 Å². The van der Waals surface area contributed by atoms with Gasteiger partial charge in [0.2, 0.25) is 0 Å². The Morgan fingerprint density at radius 2 is 2.38 bits per heavy atom. The number of rotatable bonds is 2. The molecular formula is C12H16N2O2. The van der Waals surface area contributed by atoms with Crippen molar-refractivity contribution >= 4 is 11.4 Å². The largest absolute Gasteiger partial charge is 0.495 e. The highest BCUT2D eigenvalue weighted by Gasteiger charge is 2.39. The van der Waals surface area contributed by atoms with Crippen molar-refractivity contribution in [2.75, 3.05) is 30.9 Å². The van der Waals surface area contributed by atoms with Crippen molar-refractivity contribution < 1.29 is 9.47 Å². The Kier molecular flexibility index (Phi) is 2.17. The molecule has 2 heterocycles. The van der Waals surface area contributed by atoms with Crippen LogP contribution in [0.15, 0.2) is 18.2 Å². The first-order valence-electron chi connectivity index (χ1n) is 5.59. The predicted molar refractivity (Wildman–Crippen MR) is 62.9 cm³/mol. The molecule has 16 heavy (non-hydrogen) atoms. The Morgan fingerprint density at radius 1 is 1.50 bits per heavy atom. The highest BCUT2D eigenvalue weighted by Crippen LogP contribution is 2.35. The quantitative estimate of drug-likeness (QED) is 0.762. The molecule has 1 aromatic rings. The molecule has 0 amide bonds. The molecule has 2 aliphatic rings. The summed E-state index contributed by atoms with van der Waals surface area (Å²) in [7, 11) is 1.64. The number of hydrogen-bond acceptors (Lipinski definition) is 4. The molecule has 2 fully saturated rings. The number of hydrogen-bond donors (Lipinski definition) is 1. The van der Waals surface area contributed by atoms with Crippen LogP contribution in [-0.4, -0.2) is 32.4 Å². The first kappa shape index (κ1) is 9.78. The van der Waals surface area contributed by atoms with Gasteiger partial charge in [0.25, 0.3) is 0 Å². The highest BCUT2D eigenvalue weighted by atomic mass is 16.5. The van der Waals surface area contributed by atoms with E-state index in [0.717, 1.165) is 25.3 Å². The SMILES string of the molecule is COc1ccc(N2CC3CC2CO3)cc1N. The molecule has 0 radical (unpaired) electrons. The fourth-order valence-corrected chi connectivity index (χ4v) is 2.62. The summed E-state index contributed by atoms with van der Waals surface area (Å²) >= 11 is 0. The smallest absolute Gasteiger partial charge is 0.141 e. The number of anilines is 2. The fourth-order valence-electron chi connectivity index (χ4n) is 2.62. The first-order valence-corrected chi connectivity index (χ1v) is 5.59. The van der Waals surface area contributed by atoms with Crippen molar-refractivity contribution in [1.29, 1.82) is 0 Å². The molecule has 2 unspecified atom stereocenters. The molecule has 86 valence electrons. The molecule has 2 atom stereocenters. The third-order valence-electron chi connectivity index (χ3n) is 3.45. The molecule has 4 nitrogen and oxygen atoms in total. The number of morpholine rings is 1. The second-order valence-electron chi connectivity index (χ2n) is 4.42. The van der Waals surface area contributed by atoms with Gasteiger partial charge in [0.15, 0.2) is 0 Å². The molecule has 2 bridgehead atoms. The van der Waals surface area contributed by atoms with Gasteiger partial charge in [-0.05, 0) is 24.6 Å². The minimum absolute atomic E-state index is 0.410. The lowest BCUT2D eigenvalue weighted by Gasteiger charge is -2.29. The number of ether oxygens (including phenoxy) is 2. The van der Waals surface area contributed by atoms with Gasteiger partial charge in [0.05, 0.1) is 31.5 Å². The summed E-state index contributed by atoms with van der Waals surface area (Å²) in [6.07, 6.45) is 1.56. The van der Waals surface area contributed by atoms with E-state index >= 15 is 0 Å². The zero-order chi connectivity index (χ0) is 11.1. The normalized spacial score (nSPS) is 27.4. The van der Waals surface area contributed by atoms with Gasteiger partial charge in [0, 0.05) is 12.2 Å². The van der Waals surface area contributed by atoms with E-state index in [-0.39, 0.29) is 0 Å². The van der Waals surface area contributed by atoms with Crippen molar-refractivity contribution in [3.63, 3.8) is 0 Å². The Balaban J connectivity index is 1.87. The van der Waals surface area contributed by atoms with E-state index in [1.807, 2.05) is 12.1 Å². The maximum atomic E-state index is 5.91. The minimum Gasteiger partial charge on any atom is -0.495 e.